The summed E-state index contributed by atoms with van der Waals surface area (Å²) in [6.07, 6.45) is 12.2. The molecule has 28 heavy (non-hydrogen) atoms. The van der Waals surface area contributed by atoms with E-state index in [4.69, 9.17) is 0 Å². The van der Waals surface area contributed by atoms with Crippen LogP contribution in [-0.2, 0) is 17.1 Å². The van der Waals surface area contributed by atoms with Crippen molar-refractivity contribution in [3.8, 4) is 0 Å². The number of rotatable bonds is 4. The van der Waals surface area contributed by atoms with Gasteiger partial charge in [-0.05, 0) is 54.8 Å². The number of halogens is 3. The zero-order chi connectivity index (χ0) is 18.1. The van der Waals surface area contributed by atoms with Gasteiger partial charge in [-0.2, -0.15) is 13.2 Å². The maximum atomic E-state index is 12.2. The Morgan fingerprint density at radius 2 is 1.39 bits per heavy atom. The van der Waals surface area contributed by atoms with Crippen molar-refractivity contribution in [2.75, 3.05) is 6.54 Å². The Hall–Kier alpha value is -0.651. The third-order valence-corrected chi connectivity index (χ3v) is 5.37. The Morgan fingerprint density at radius 1 is 0.929 bits per heavy atom. The van der Waals surface area contributed by atoms with Crippen LogP contribution in [0.3, 0.4) is 0 Å². The first kappa shape index (κ1) is 29.5. The number of carbonyl (C=O) groups is 1. The summed E-state index contributed by atoms with van der Waals surface area (Å²) >= 11 is -0.177. The van der Waals surface area contributed by atoms with Gasteiger partial charge in [0.15, 0.2) is 0 Å². The first-order chi connectivity index (χ1) is 11.9. The van der Waals surface area contributed by atoms with Crippen molar-refractivity contribution < 1.29 is 35.0 Å². The summed E-state index contributed by atoms with van der Waals surface area (Å²) in [5.41, 5.74) is -3.90. The minimum Gasteiger partial charge on any atom is -0.358 e. The molecule has 0 atom stereocenters. The molecule has 2 saturated carbocycles. The normalized spacial score (nSPS) is 16.0. The summed E-state index contributed by atoms with van der Waals surface area (Å²) in [7, 11) is 0. The quantitative estimate of drug-likeness (QED) is 0.297. The molecular weight excluding hydrogens is 427 g/mol. The van der Waals surface area contributed by atoms with Crippen LogP contribution in [0.2, 0.25) is 0 Å². The van der Waals surface area contributed by atoms with Crippen molar-refractivity contribution in [1.82, 2.24) is 5.32 Å². The summed E-state index contributed by atoms with van der Waals surface area (Å²) in [6.45, 7) is 0.651. The van der Waals surface area contributed by atoms with E-state index in [0.29, 0.717) is 18.0 Å². The average Bonchev–Trinajstić information content (AvgIpc) is 3.28. The fourth-order valence-corrected chi connectivity index (χ4v) is 3.78. The number of carbonyl (C=O) groups excluding carboxylic acids is 1. The first-order valence-corrected chi connectivity index (χ1v) is 9.90. The second kappa shape index (κ2) is 15.2. The third-order valence-electron chi connectivity index (χ3n) is 4.63. The van der Waals surface area contributed by atoms with Crippen LogP contribution in [0.5, 0.6) is 0 Å². The van der Waals surface area contributed by atoms with Crippen molar-refractivity contribution in [1.29, 1.82) is 0 Å². The summed E-state index contributed by atoms with van der Waals surface area (Å²) in [5, 5.41) is 2.84. The van der Waals surface area contributed by atoms with E-state index in [1.54, 1.807) is 0 Å². The number of hydrogen-bond donors (Lipinski definition) is 1. The predicted octanol–water partition coefficient (Wildman–Crippen LogP) is 7.07. The molecule has 1 aromatic carbocycles. The molecule has 2 aliphatic carbocycles. The molecule has 0 radical (unpaired) electrons. The Kier molecular flexibility index (Phi) is 16.1. The van der Waals surface area contributed by atoms with Gasteiger partial charge in [-0.1, -0.05) is 44.9 Å². The molecule has 7 heteroatoms. The monoisotopic (exact) mass is 459 g/mol. The maximum Gasteiger partial charge on any atom is 2.00 e. The number of nitrogens with one attached hydrogen (secondary N) is 1. The molecule has 0 bridgehead atoms. The standard InChI is InChI=1S/C14H16F3NOS.C5H10.2CH3.Fe/c15-14(16,17)20-12-7-5-11(6-8-12)13(19)18-9-10-3-1-2-4-10;1-2-4-5-3-1;;;/h5-8,10H,1-4,9H2,(H,18,19);1-5H2;2*1H3;/q;;2*-1;+2. The minimum atomic E-state index is -4.30. The van der Waals surface area contributed by atoms with Gasteiger partial charge < -0.3 is 20.2 Å². The fourth-order valence-electron chi connectivity index (χ4n) is 3.25. The largest absolute Gasteiger partial charge is 2.00 e. The second-order valence-electron chi connectivity index (χ2n) is 6.70. The van der Waals surface area contributed by atoms with E-state index >= 15 is 0 Å². The van der Waals surface area contributed by atoms with Crippen LogP contribution < -0.4 is 5.32 Å². The molecule has 3 rings (SSSR count). The molecule has 1 aromatic rings. The summed E-state index contributed by atoms with van der Waals surface area (Å²) in [4.78, 5) is 11.9. The van der Waals surface area contributed by atoms with Gasteiger partial charge in [0.2, 0.25) is 0 Å². The SMILES string of the molecule is C1CCCC1.O=C(NCC1CCCC1)c1ccc(SC(F)(F)F)cc1.[CH3-].[CH3-].[Fe+2]. The molecule has 0 aliphatic heterocycles. The van der Waals surface area contributed by atoms with E-state index in [0.717, 1.165) is 12.8 Å². The van der Waals surface area contributed by atoms with Gasteiger partial charge in [-0.3, -0.25) is 4.79 Å². The van der Waals surface area contributed by atoms with Crippen LogP contribution >= 0.6 is 11.8 Å². The number of thioether (sulfide) groups is 1. The molecule has 1 N–H and O–H groups in total. The molecule has 0 heterocycles. The van der Waals surface area contributed by atoms with E-state index < -0.39 is 5.51 Å². The predicted molar refractivity (Wildman–Crippen MR) is 109 cm³/mol. The molecule has 1 amide bonds. The van der Waals surface area contributed by atoms with Crippen molar-refractivity contribution in [2.45, 2.75) is 68.2 Å². The zero-order valence-electron chi connectivity index (χ0n) is 16.8. The molecule has 0 unspecified atom stereocenters. The molecule has 2 fully saturated rings. The average molecular weight is 459 g/mol. The van der Waals surface area contributed by atoms with E-state index in [-0.39, 0.29) is 54.5 Å². The van der Waals surface area contributed by atoms with Crippen molar-refractivity contribution in [2.24, 2.45) is 5.92 Å². The Labute approximate surface area is 183 Å². The van der Waals surface area contributed by atoms with Crippen molar-refractivity contribution in [3.63, 3.8) is 0 Å². The van der Waals surface area contributed by atoms with Gasteiger partial charge in [0, 0.05) is 17.0 Å². The Balaban J connectivity index is 0. The van der Waals surface area contributed by atoms with E-state index in [1.165, 1.54) is 69.2 Å². The number of hydrogen-bond acceptors (Lipinski definition) is 2. The van der Waals surface area contributed by atoms with Gasteiger partial charge in [0.25, 0.3) is 5.91 Å². The number of benzene rings is 1. The third kappa shape index (κ3) is 12.0. The van der Waals surface area contributed by atoms with Gasteiger partial charge in [0.1, 0.15) is 0 Å². The minimum absolute atomic E-state index is 0. The second-order valence-corrected chi connectivity index (χ2v) is 7.84. The molecule has 2 aliphatic rings. The van der Waals surface area contributed by atoms with Crippen LogP contribution in [0.1, 0.15) is 68.1 Å². The molecule has 2 nitrogen and oxygen atoms in total. The van der Waals surface area contributed by atoms with E-state index in [9.17, 15) is 18.0 Å². The fraction of sp³-hybridized carbons (Fsp3) is 0.571. The smallest absolute Gasteiger partial charge is 0.358 e. The zero-order valence-corrected chi connectivity index (χ0v) is 18.7. The van der Waals surface area contributed by atoms with E-state index in [1.807, 2.05) is 0 Å². The van der Waals surface area contributed by atoms with E-state index in [2.05, 4.69) is 5.32 Å². The summed E-state index contributed by atoms with van der Waals surface area (Å²) in [5.74, 6) is 0.319. The van der Waals surface area contributed by atoms with Gasteiger partial charge in [-0.25, -0.2) is 0 Å². The molecule has 162 valence electrons. The first-order valence-electron chi connectivity index (χ1n) is 9.08. The van der Waals surface area contributed by atoms with Gasteiger partial charge in [0.05, 0.1) is 0 Å². The van der Waals surface area contributed by atoms with Crippen LogP contribution in [-0.4, -0.2) is 18.0 Å². The molecule has 0 saturated heterocycles. The van der Waals surface area contributed by atoms with Crippen LogP contribution in [0.15, 0.2) is 29.2 Å². The Morgan fingerprint density at radius 3 is 1.82 bits per heavy atom. The van der Waals surface area contributed by atoms with Crippen molar-refractivity contribution >= 4 is 17.7 Å². The number of amides is 1. The van der Waals surface area contributed by atoms with Gasteiger partial charge >= 0.3 is 22.6 Å². The Bertz CT molecular complexity index is 520. The molecule has 0 aromatic heterocycles. The molecule has 0 spiro atoms. The van der Waals surface area contributed by atoms with Crippen LogP contribution in [0, 0.1) is 20.8 Å². The van der Waals surface area contributed by atoms with Crippen LogP contribution in [0.25, 0.3) is 0 Å². The number of alkyl halides is 3. The maximum absolute atomic E-state index is 12.2. The molecular formula is C21H32F3FeNOS. The topological polar surface area (TPSA) is 29.1 Å². The van der Waals surface area contributed by atoms with Crippen molar-refractivity contribution in [3.05, 3.63) is 44.7 Å². The van der Waals surface area contributed by atoms with Gasteiger partial charge in [-0.15, -0.1) is 0 Å². The van der Waals surface area contributed by atoms with Crippen LogP contribution in [0.4, 0.5) is 13.2 Å². The summed E-state index contributed by atoms with van der Waals surface area (Å²) in [6, 6.07) is 5.50. The summed E-state index contributed by atoms with van der Waals surface area (Å²) < 4.78 is 36.5.